The van der Waals surface area contributed by atoms with Gasteiger partial charge in [-0.2, -0.15) is 0 Å². The van der Waals surface area contributed by atoms with E-state index in [1.54, 1.807) is 0 Å². The van der Waals surface area contributed by atoms with Crippen LogP contribution in [0.25, 0.3) is 0 Å². The average molecular weight is 167 g/mol. The van der Waals surface area contributed by atoms with Crippen molar-refractivity contribution in [3.63, 3.8) is 0 Å². The van der Waals surface area contributed by atoms with Crippen LogP contribution in [-0.4, -0.2) is 16.6 Å². The van der Waals surface area contributed by atoms with Crippen LogP contribution >= 0.6 is 0 Å². The maximum Gasteiger partial charge on any atom is 0.105 e. The number of aryl methyl sites for hydroxylation is 1. The number of hydrogen-bond acceptors (Lipinski definition) is 2. The van der Waals surface area contributed by atoms with Gasteiger partial charge in [-0.15, -0.1) is 0 Å². The van der Waals surface area contributed by atoms with Crippen LogP contribution in [0.5, 0.6) is 0 Å². The van der Waals surface area contributed by atoms with Crippen LogP contribution in [-0.2, 0) is 13.1 Å². The first kappa shape index (κ1) is 9.26. The normalized spacial score (nSPS) is 10.6. The van der Waals surface area contributed by atoms with Crippen LogP contribution in [0, 0.1) is 6.92 Å². The summed E-state index contributed by atoms with van der Waals surface area (Å²) in [6.07, 6.45) is 3.11. The predicted molar refractivity (Wildman–Crippen MR) is 50.0 cm³/mol. The number of nitrogens with zero attached hydrogens (tertiary/aromatic N) is 2. The van der Waals surface area contributed by atoms with Gasteiger partial charge in [0.15, 0.2) is 0 Å². The fraction of sp³-hybridized carbons (Fsp3) is 0.667. The molecular formula is C9H17N3. The van der Waals surface area contributed by atoms with E-state index < -0.39 is 0 Å². The first-order chi connectivity index (χ1) is 5.79. The van der Waals surface area contributed by atoms with Gasteiger partial charge in [-0.05, 0) is 20.4 Å². The van der Waals surface area contributed by atoms with Crippen LogP contribution in [0.4, 0.5) is 0 Å². The Labute approximate surface area is 73.8 Å². The molecule has 3 heteroatoms. The van der Waals surface area contributed by atoms with E-state index in [2.05, 4.69) is 28.7 Å². The van der Waals surface area contributed by atoms with E-state index in [-0.39, 0.29) is 0 Å². The Balaban J connectivity index is 2.80. The van der Waals surface area contributed by atoms with Crippen LogP contribution in [0.3, 0.4) is 0 Å². The van der Waals surface area contributed by atoms with E-state index in [9.17, 15) is 0 Å². The molecule has 0 aromatic carbocycles. The summed E-state index contributed by atoms with van der Waals surface area (Å²) < 4.78 is 2.26. The van der Waals surface area contributed by atoms with Crippen LogP contribution in [0.15, 0.2) is 6.20 Å². The molecule has 0 bridgehead atoms. The summed E-state index contributed by atoms with van der Waals surface area (Å²) in [4.78, 5) is 4.28. The van der Waals surface area contributed by atoms with E-state index in [1.165, 1.54) is 5.69 Å². The van der Waals surface area contributed by atoms with Gasteiger partial charge in [-0.3, -0.25) is 0 Å². The highest BCUT2D eigenvalue weighted by molar-refractivity contribution is 5.03. The number of rotatable bonds is 4. The van der Waals surface area contributed by atoms with Crippen molar-refractivity contribution < 1.29 is 0 Å². The predicted octanol–water partition coefficient (Wildman–Crippen LogP) is 1.32. The largest absolute Gasteiger partial charge is 0.331 e. The van der Waals surface area contributed by atoms with Gasteiger partial charge >= 0.3 is 0 Å². The molecule has 1 heterocycles. The molecule has 0 saturated carbocycles. The van der Waals surface area contributed by atoms with Gasteiger partial charge in [0, 0.05) is 19.3 Å². The highest BCUT2D eigenvalue weighted by Gasteiger charge is 2.03. The quantitative estimate of drug-likeness (QED) is 0.733. The Morgan fingerprint density at radius 2 is 2.33 bits per heavy atom. The monoisotopic (exact) mass is 167 g/mol. The topological polar surface area (TPSA) is 29.9 Å². The third-order valence-electron chi connectivity index (χ3n) is 1.94. The van der Waals surface area contributed by atoms with Crippen molar-refractivity contribution in [1.82, 2.24) is 14.9 Å². The Morgan fingerprint density at radius 3 is 2.92 bits per heavy atom. The molecule has 0 atom stereocenters. The molecule has 1 aromatic heterocycles. The highest BCUT2D eigenvalue weighted by Crippen LogP contribution is 2.05. The molecule has 0 fully saturated rings. The number of nitrogens with one attached hydrogen (secondary N) is 1. The Morgan fingerprint density at radius 1 is 1.58 bits per heavy atom. The second-order valence-corrected chi connectivity index (χ2v) is 2.98. The first-order valence-corrected chi connectivity index (χ1v) is 4.45. The zero-order chi connectivity index (χ0) is 8.97. The third-order valence-corrected chi connectivity index (χ3v) is 1.94. The smallest absolute Gasteiger partial charge is 0.105 e. The zero-order valence-electron chi connectivity index (χ0n) is 8.09. The van der Waals surface area contributed by atoms with Gasteiger partial charge in [0.1, 0.15) is 5.82 Å². The van der Waals surface area contributed by atoms with E-state index >= 15 is 0 Å². The second-order valence-electron chi connectivity index (χ2n) is 2.98. The summed E-state index contributed by atoms with van der Waals surface area (Å²) in [5.41, 5.74) is 1.27. The Kier molecular flexibility index (Phi) is 3.29. The molecule has 1 aromatic rings. The molecule has 0 unspecified atom stereocenters. The Hall–Kier alpha value is -0.830. The summed E-state index contributed by atoms with van der Waals surface area (Å²) in [6.45, 7) is 6.21. The van der Waals surface area contributed by atoms with Gasteiger partial charge in [0.2, 0.25) is 0 Å². The standard InChI is InChI=1S/C9H17N3/c1-4-5-12-8(2)11-7-9(12)6-10-3/h7,10H,4-6H2,1-3H3. The third kappa shape index (κ3) is 1.85. The van der Waals surface area contributed by atoms with E-state index in [0.29, 0.717) is 0 Å². The zero-order valence-corrected chi connectivity index (χ0v) is 8.09. The fourth-order valence-corrected chi connectivity index (χ4v) is 1.37. The summed E-state index contributed by atoms with van der Waals surface area (Å²) >= 11 is 0. The average Bonchev–Trinajstić information content (AvgIpc) is 2.37. The first-order valence-electron chi connectivity index (χ1n) is 4.45. The summed E-state index contributed by atoms with van der Waals surface area (Å²) in [5, 5.41) is 3.14. The van der Waals surface area contributed by atoms with Crippen molar-refractivity contribution in [2.24, 2.45) is 0 Å². The van der Waals surface area contributed by atoms with Crippen molar-refractivity contribution in [1.29, 1.82) is 0 Å². The van der Waals surface area contributed by atoms with Gasteiger partial charge in [0.05, 0.1) is 5.69 Å². The summed E-state index contributed by atoms with van der Waals surface area (Å²) in [7, 11) is 1.96. The van der Waals surface area contributed by atoms with Crippen LogP contribution < -0.4 is 5.32 Å². The minimum atomic E-state index is 0.904. The lowest BCUT2D eigenvalue weighted by molar-refractivity contribution is 0.611. The highest BCUT2D eigenvalue weighted by atomic mass is 15.1. The van der Waals surface area contributed by atoms with Crippen molar-refractivity contribution in [3.8, 4) is 0 Å². The van der Waals surface area contributed by atoms with Crippen molar-refractivity contribution in [3.05, 3.63) is 17.7 Å². The maximum absolute atomic E-state index is 4.28. The molecule has 0 aliphatic heterocycles. The minimum absolute atomic E-state index is 0.904. The molecule has 0 amide bonds. The van der Waals surface area contributed by atoms with Gasteiger partial charge in [-0.1, -0.05) is 6.92 Å². The number of aromatic nitrogens is 2. The van der Waals surface area contributed by atoms with Gasteiger partial charge < -0.3 is 9.88 Å². The molecule has 0 saturated heterocycles. The molecule has 1 rings (SSSR count). The molecule has 1 N–H and O–H groups in total. The SMILES string of the molecule is CCCn1c(CNC)cnc1C. The maximum atomic E-state index is 4.28. The summed E-state index contributed by atoms with van der Waals surface area (Å²) in [5.74, 6) is 1.11. The lowest BCUT2D eigenvalue weighted by atomic mass is 10.4. The molecule has 68 valence electrons. The van der Waals surface area contributed by atoms with Crippen LogP contribution in [0.2, 0.25) is 0 Å². The fourth-order valence-electron chi connectivity index (χ4n) is 1.37. The molecule has 0 spiro atoms. The van der Waals surface area contributed by atoms with E-state index in [0.717, 1.165) is 25.3 Å². The van der Waals surface area contributed by atoms with Crippen molar-refractivity contribution in [2.45, 2.75) is 33.4 Å². The Bertz CT molecular complexity index is 240. The molecule has 12 heavy (non-hydrogen) atoms. The molecule has 0 aliphatic carbocycles. The lowest BCUT2D eigenvalue weighted by Gasteiger charge is -2.07. The number of hydrogen-bond donors (Lipinski definition) is 1. The number of imidazole rings is 1. The molecule has 0 radical (unpaired) electrons. The lowest BCUT2D eigenvalue weighted by Crippen LogP contribution is -2.12. The molecular weight excluding hydrogens is 150 g/mol. The molecule has 0 aliphatic rings. The van der Waals surface area contributed by atoms with Crippen molar-refractivity contribution in [2.75, 3.05) is 7.05 Å². The van der Waals surface area contributed by atoms with E-state index in [1.807, 2.05) is 13.2 Å². The minimum Gasteiger partial charge on any atom is -0.331 e. The van der Waals surface area contributed by atoms with E-state index in [4.69, 9.17) is 0 Å². The molecule has 3 nitrogen and oxygen atoms in total. The van der Waals surface area contributed by atoms with Gasteiger partial charge in [-0.25, -0.2) is 4.98 Å². The van der Waals surface area contributed by atoms with Crippen LogP contribution in [0.1, 0.15) is 24.9 Å². The van der Waals surface area contributed by atoms with Crippen molar-refractivity contribution >= 4 is 0 Å². The summed E-state index contributed by atoms with van der Waals surface area (Å²) in [6, 6.07) is 0. The van der Waals surface area contributed by atoms with Gasteiger partial charge in [0.25, 0.3) is 0 Å². The second kappa shape index (κ2) is 4.26.